The van der Waals surface area contributed by atoms with Gasteiger partial charge in [0.1, 0.15) is 0 Å². The first-order valence-electron chi connectivity index (χ1n) is 18.3. The van der Waals surface area contributed by atoms with Crippen molar-refractivity contribution in [2.45, 2.75) is 11.5 Å². The second kappa shape index (κ2) is 11.4. The van der Waals surface area contributed by atoms with Crippen molar-refractivity contribution >= 4 is 65.7 Å². The quantitative estimate of drug-likeness (QED) is 0.169. The van der Waals surface area contributed by atoms with Crippen molar-refractivity contribution in [1.82, 2.24) is 19.1 Å². The first-order chi connectivity index (χ1) is 26.1. The minimum atomic E-state index is -2.94. The maximum atomic E-state index is 5.36. The fourth-order valence-electron chi connectivity index (χ4n) is 8.86. The number of hydrogen-bond acceptors (Lipinski definition) is 2. The predicted octanol–water partition coefficient (Wildman–Crippen LogP) is 10.8. The summed E-state index contributed by atoms with van der Waals surface area (Å²) < 4.78 is 7.70. The van der Waals surface area contributed by atoms with Gasteiger partial charge in [0.05, 0.1) is 0 Å². The molecule has 53 heavy (non-hydrogen) atoms. The average Bonchev–Trinajstić information content (AvgIpc) is 3.80. The normalized spacial score (nSPS) is 13.2. The van der Waals surface area contributed by atoms with Crippen molar-refractivity contribution in [1.29, 1.82) is 0 Å². The summed E-state index contributed by atoms with van der Waals surface area (Å²) in [7, 11) is 0. The van der Waals surface area contributed by atoms with Crippen molar-refractivity contribution in [3.05, 3.63) is 170 Å². The van der Waals surface area contributed by atoms with Crippen LogP contribution in [0.1, 0.15) is 0 Å². The van der Waals surface area contributed by atoms with E-state index in [1.807, 2.05) is 6.07 Å². The zero-order chi connectivity index (χ0) is 35.3. The third-order valence-corrected chi connectivity index (χ3v) is 18.6. The summed E-state index contributed by atoms with van der Waals surface area (Å²) in [6, 6.07) is 61.4. The van der Waals surface area contributed by atoms with Crippen LogP contribution in [0.2, 0.25) is 11.5 Å². The SMILES string of the molecule is [CH3][Ge]1([CH3])[c]2cc(-n3c4ccccc4c4cc5c(cc43)c3ccccc3n5-c3ccccc3)ccc2-c2nc(-c3ccccc3)nc(-c3ccccc3)[c]21. The molecule has 0 spiro atoms. The van der Waals surface area contributed by atoms with Crippen molar-refractivity contribution in [3.63, 3.8) is 0 Å². The number of para-hydroxylation sites is 3. The third kappa shape index (κ3) is 4.42. The number of aromatic nitrogens is 4. The van der Waals surface area contributed by atoms with Gasteiger partial charge in [-0.15, -0.1) is 0 Å². The second-order valence-corrected chi connectivity index (χ2v) is 23.6. The Labute approximate surface area is 310 Å². The molecule has 1 aliphatic rings. The van der Waals surface area contributed by atoms with Crippen LogP contribution in [0.3, 0.4) is 0 Å². The van der Waals surface area contributed by atoms with Gasteiger partial charge in [-0.3, -0.25) is 0 Å². The molecular formula is C48H34GeN4. The molecule has 5 heteroatoms. The molecule has 0 saturated heterocycles. The molecular weight excluding hydrogens is 705 g/mol. The molecule has 0 aliphatic carbocycles. The van der Waals surface area contributed by atoms with Gasteiger partial charge in [-0.25, -0.2) is 0 Å². The van der Waals surface area contributed by atoms with Crippen LogP contribution in [0, 0.1) is 0 Å². The van der Waals surface area contributed by atoms with Crippen LogP contribution in [0.15, 0.2) is 170 Å². The Kier molecular flexibility index (Phi) is 6.53. The summed E-state index contributed by atoms with van der Waals surface area (Å²) >= 11 is -2.94. The second-order valence-electron chi connectivity index (χ2n) is 14.6. The van der Waals surface area contributed by atoms with Gasteiger partial charge in [0.2, 0.25) is 0 Å². The molecule has 4 heterocycles. The first kappa shape index (κ1) is 30.4. The Bertz CT molecular complexity index is 3070. The molecule has 4 nitrogen and oxygen atoms in total. The molecule has 0 fully saturated rings. The van der Waals surface area contributed by atoms with E-state index in [9.17, 15) is 0 Å². The van der Waals surface area contributed by atoms with E-state index < -0.39 is 13.3 Å². The predicted molar refractivity (Wildman–Crippen MR) is 224 cm³/mol. The molecule has 0 amide bonds. The molecule has 0 saturated carbocycles. The summed E-state index contributed by atoms with van der Waals surface area (Å²) in [5, 5.41) is 5.02. The summed E-state index contributed by atoms with van der Waals surface area (Å²) in [5.41, 5.74) is 12.8. The Morgan fingerprint density at radius 3 is 1.55 bits per heavy atom. The van der Waals surface area contributed by atoms with Gasteiger partial charge in [-0.2, -0.15) is 0 Å². The molecule has 7 aromatic carbocycles. The van der Waals surface area contributed by atoms with E-state index in [1.165, 1.54) is 69.3 Å². The third-order valence-electron chi connectivity index (χ3n) is 11.3. The number of fused-ring (bicyclic) bond motifs is 9. The molecule has 1 aliphatic heterocycles. The van der Waals surface area contributed by atoms with Crippen LogP contribution in [-0.2, 0) is 0 Å². The van der Waals surface area contributed by atoms with E-state index in [0.717, 1.165) is 28.3 Å². The molecule has 250 valence electrons. The summed E-state index contributed by atoms with van der Waals surface area (Å²) in [4.78, 5) is 10.7. The molecule has 0 radical (unpaired) electrons. The van der Waals surface area contributed by atoms with Gasteiger partial charge in [0, 0.05) is 0 Å². The van der Waals surface area contributed by atoms with Crippen LogP contribution in [0.5, 0.6) is 0 Å². The molecule has 10 aromatic rings. The number of hydrogen-bond donors (Lipinski definition) is 0. The Morgan fingerprint density at radius 2 is 0.925 bits per heavy atom. The number of nitrogens with zero attached hydrogens (tertiary/aromatic N) is 4. The number of benzene rings is 7. The van der Waals surface area contributed by atoms with Crippen LogP contribution < -0.4 is 8.79 Å². The van der Waals surface area contributed by atoms with Gasteiger partial charge in [-0.05, 0) is 0 Å². The van der Waals surface area contributed by atoms with Crippen LogP contribution >= 0.6 is 0 Å². The van der Waals surface area contributed by atoms with Crippen LogP contribution in [0.25, 0.3) is 88.9 Å². The van der Waals surface area contributed by atoms with E-state index >= 15 is 0 Å². The molecule has 0 bridgehead atoms. The van der Waals surface area contributed by atoms with E-state index in [1.54, 1.807) is 0 Å². The standard InChI is InChI=1S/C48H34GeN4/c1-49(2)40-28-34(26-27-37(40)47-45(49)46(31-16-6-3-7-17-31)50-48(51-47)32-18-8-4-9-19-32)53-42-25-15-13-23-36(42)39-29-43-38(30-44(39)53)35-22-12-14-24-41(35)52(43)33-20-10-5-11-21-33/h3-30H,1-2H3. The topological polar surface area (TPSA) is 35.6 Å². The molecule has 11 rings (SSSR count). The molecule has 0 atom stereocenters. The van der Waals surface area contributed by atoms with Gasteiger partial charge in [-0.1, -0.05) is 6.07 Å². The monoisotopic (exact) mass is 740 g/mol. The first-order valence-corrected chi connectivity index (χ1v) is 24.6. The van der Waals surface area contributed by atoms with Crippen molar-refractivity contribution in [2.24, 2.45) is 0 Å². The van der Waals surface area contributed by atoms with Crippen LogP contribution in [0.4, 0.5) is 0 Å². The summed E-state index contributed by atoms with van der Waals surface area (Å²) in [5.74, 6) is 5.81. The molecule has 3 aromatic heterocycles. The Morgan fingerprint density at radius 1 is 0.415 bits per heavy atom. The van der Waals surface area contributed by atoms with Crippen molar-refractivity contribution < 1.29 is 0 Å². The average molecular weight is 739 g/mol. The van der Waals surface area contributed by atoms with E-state index in [-0.39, 0.29) is 0 Å². The van der Waals surface area contributed by atoms with E-state index in [4.69, 9.17) is 9.97 Å². The number of rotatable bonds is 4. The summed E-state index contributed by atoms with van der Waals surface area (Å²) in [6.45, 7) is 0. The van der Waals surface area contributed by atoms with Gasteiger partial charge in [0.15, 0.2) is 0 Å². The fourth-order valence-corrected chi connectivity index (χ4v) is 15.6. The fraction of sp³-hybridized carbons (Fsp3) is 0.0417. The van der Waals surface area contributed by atoms with E-state index in [0.29, 0.717) is 0 Å². The molecule has 0 unspecified atom stereocenters. The molecule has 0 N–H and O–H groups in total. The summed E-state index contributed by atoms with van der Waals surface area (Å²) in [6.07, 6.45) is 0. The van der Waals surface area contributed by atoms with Gasteiger partial charge < -0.3 is 0 Å². The van der Waals surface area contributed by atoms with Crippen molar-refractivity contribution in [3.8, 4) is 45.3 Å². The Balaban J connectivity index is 1.17. The van der Waals surface area contributed by atoms with Gasteiger partial charge in [0.25, 0.3) is 0 Å². The zero-order valence-corrected chi connectivity index (χ0v) is 31.6. The van der Waals surface area contributed by atoms with Crippen LogP contribution in [-0.4, -0.2) is 32.4 Å². The van der Waals surface area contributed by atoms with Crippen molar-refractivity contribution in [2.75, 3.05) is 0 Å². The maximum absolute atomic E-state index is 5.36. The minimum absolute atomic E-state index is 0.777. The van der Waals surface area contributed by atoms with Gasteiger partial charge >= 0.3 is 305 Å². The Hall–Kier alpha value is -6.24. The van der Waals surface area contributed by atoms with E-state index in [2.05, 4.69) is 184 Å². The zero-order valence-electron chi connectivity index (χ0n) is 29.5.